The highest BCUT2D eigenvalue weighted by atomic mass is 79.9. The fourth-order valence-corrected chi connectivity index (χ4v) is 4.02. The molecule has 0 fully saturated rings. The van der Waals surface area contributed by atoms with Crippen molar-refractivity contribution in [1.29, 1.82) is 0 Å². The van der Waals surface area contributed by atoms with E-state index in [0.717, 1.165) is 5.06 Å². The first-order chi connectivity index (χ1) is 7.93. The van der Waals surface area contributed by atoms with E-state index < -0.39 is 12.1 Å². The number of hydrogen-bond acceptors (Lipinski definition) is 4. The van der Waals surface area contributed by atoms with Crippen LogP contribution in [0.1, 0.15) is 18.6 Å². The number of nitrogens with zero attached hydrogens (tertiary/aromatic N) is 1. The average Bonchev–Trinajstić information content (AvgIpc) is 2.54. The summed E-state index contributed by atoms with van der Waals surface area (Å²) in [5, 5.41) is 11.4. The molecule has 0 saturated heterocycles. The van der Waals surface area contributed by atoms with Gasteiger partial charge < -0.3 is 5.11 Å². The average molecular weight is 363 g/mol. The van der Waals surface area contributed by atoms with Gasteiger partial charge in [-0.25, -0.2) is 5.06 Å². The number of carbonyl (C=O) groups excluding carboxylic acids is 1. The Hall–Kier alpha value is 0.150. The molecule has 1 rings (SSSR count). The van der Waals surface area contributed by atoms with Gasteiger partial charge in [-0.2, -0.15) is 0 Å². The monoisotopic (exact) mass is 361 g/mol. The molecule has 1 amide bonds. The van der Waals surface area contributed by atoms with Gasteiger partial charge in [0.25, 0.3) is 0 Å². The van der Waals surface area contributed by atoms with Gasteiger partial charge in [-0.1, -0.05) is 23.2 Å². The molecule has 4 nitrogen and oxygen atoms in total. The first-order valence-electron chi connectivity index (χ1n) is 4.53. The van der Waals surface area contributed by atoms with Crippen LogP contribution in [0.15, 0.2) is 3.79 Å². The normalized spacial score (nSPS) is 14.5. The maximum Gasteiger partial charge on any atom is 0.233 e. The van der Waals surface area contributed by atoms with Crippen LogP contribution in [0.25, 0.3) is 0 Å². The molecular formula is C9H10BrCl2NO3S. The van der Waals surface area contributed by atoms with Crippen LogP contribution in [0, 0.1) is 0 Å². The van der Waals surface area contributed by atoms with Crippen LogP contribution < -0.4 is 0 Å². The standard InChI is InChI=1S/C9H10BrCl2NO3S/c1-4(13(3-14)16-2)7(15)5-6(11)9(12)17-8(5)10/h3-4,7,15H,1-2H3. The molecule has 0 saturated carbocycles. The van der Waals surface area contributed by atoms with Gasteiger partial charge in [-0.3, -0.25) is 9.63 Å². The summed E-state index contributed by atoms with van der Waals surface area (Å²) >= 11 is 16.3. The number of carbonyl (C=O) groups is 1. The van der Waals surface area contributed by atoms with Crippen LogP contribution in [0.3, 0.4) is 0 Å². The summed E-state index contributed by atoms with van der Waals surface area (Å²) in [6, 6.07) is -0.586. The Morgan fingerprint density at radius 1 is 1.59 bits per heavy atom. The fraction of sp³-hybridized carbons (Fsp3) is 0.444. The molecule has 0 aromatic carbocycles. The summed E-state index contributed by atoms with van der Waals surface area (Å²) in [6.07, 6.45) is -0.505. The highest BCUT2D eigenvalue weighted by molar-refractivity contribution is 9.11. The fourth-order valence-electron chi connectivity index (χ4n) is 1.30. The van der Waals surface area contributed by atoms with Gasteiger partial charge in [-0.15, -0.1) is 11.3 Å². The third-order valence-corrected chi connectivity index (χ3v) is 4.99. The Bertz CT molecular complexity index is 415. The van der Waals surface area contributed by atoms with Crippen molar-refractivity contribution in [2.45, 2.75) is 19.1 Å². The highest BCUT2D eigenvalue weighted by Gasteiger charge is 2.28. The number of aliphatic hydroxyl groups is 1. The van der Waals surface area contributed by atoms with Gasteiger partial charge in [0.15, 0.2) is 0 Å². The van der Waals surface area contributed by atoms with E-state index in [1.807, 2.05) is 0 Å². The van der Waals surface area contributed by atoms with Crippen molar-refractivity contribution in [2.24, 2.45) is 0 Å². The molecule has 1 aromatic rings. The van der Waals surface area contributed by atoms with Crippen molar-refractivity contribution in [2.75, 3.05) is 7.11 Å². The third-order valence-electron chi connectivity index (χ3n) is 2.27. The lowest BCUT2D eigenvalue weighted by molar-refractivity contribution is -0.183. The second-order valence-corrected chi connectivity index (χ2v) is 6.53. The molecule has 8 heteroatoms. The lowest BCUT2D eigenvalue weighted by Gasteiger charge is -2.26. The molecule has 17 heavy (non-hydrogen) atoms. The number of amides is 1. The molecule has 1 N–H and O–H groups in total. The van der Waals surface area contributed by atoms with Gasteiger partial charge in [0.1, 0.15) is 10.4 Å². The number of aliphatic hydroxyl groups excluding tert-OH is 1. The summed E-state index contributed by atoms with van der Waals surface area (Å²) in [6.45, 7) is 1.64. The number of rotatable bonds is 5. The Morgan fingerprint density at radius 3 is 2.53 bits per heavy atom. The summed E-state index contributed by atoms with van der Waals surface area (Å²) in [4.78, 5) is 15.5. The zero-order chi connectivity index (χ0) is 13.2. The van der Waals surface area contributed by atoms with Crippen molar-refractivity contribution in [3.8, 4) is 0 Å². The minimum atomic E-state index is -0.995. The molecule has 2 atom stereocenters. The maximum absolute atomic E-state index is 10.7. The van der Waals surface area contributed by atoms with Gasteiger partial charge in [0.05, 0.1) is 22.0 Å². The summed E-state index contributed by atoms with van der Waals surface area (Å²) in [7, 11) is 1.34. The minimum absolute atomic E-state index is 0.282. The van der Waals surface area contributed by atoms with Gasteiger partial charge in [0.2, 0.25) is 6.41 Å². The number of hydroxylamine groups is 2. The van der Waals surface area contributed by atoms with Gasteiger partial charge >= 0.3 is 0 Å². The van der Waals surface area contributed by atoms with Crippen LogP contribution in [0.5, 0.6) is 0 Å². The number of thiophene rings is 1. The molecule has 96 valence electrons. The molecule has 0 spiro atoms. The van der Waals surface area contributed by atoms with E-state index in [2.05, 4.69) is 15.9 Å². The van der Waals surface area contributed by atoms with E-state index in [1.54, 1.807) is 6.92 Å². The number of halogens is 3. The molecule has 0 aliphatic carbocycles. The Kier molecular flexibility index (Phi) is 5.69. The van der Waals surface area contributed by atoms with Crippen molar-refractivity contribution in [3.05, 3.63) is 18.7 Å². The summed E-state index contributed by atoms with van der Waals surface area (Å²) in [5.74, 6) is 0. The van der Waals surface area contributed by atoms with Crippen molar-refractivity contribution in [1.82, 2.24) is 5.06 Å². The van der Waals surface area contributed by atoms with E-state index in [9.17, 15) is 9.90 Å². The molecule has 0 radical (unpaired) electrons. The maximum atomic E-state index is 10.7. The molecule has 1 aromatic heterocycles. The predicted molar refractivity (Wildman–Crippen MR) is 71.4 cm³/mol. The van der Waals surface area contributed by atoms with E-state index in [1.165, 1.54) is 18.4 Å². The van der Waals surface area contributed by atoms with Crippen LogP contribution in [-0.4, -0.2) is 29.7 Å². The van der Waals surface area contributed by atoms with Crippen molar-refractivity contribution < 1.29 is 14.7 Å². The van der Waals surface area contributed by atoms with Crippen LogP contribution in [0.2, 0.25) is 9.36 Å². The lowest BCUT2D eigenvalue weighted by atomic mass is 10.1. The van der Waals surface area contributed by atoms with Gasteiger partial charge in [0, 0.05) is 5.56 Å². The number of hydrogen-bond donors (Lipinski definition) is 1. The largest absolute Gasteiger partial charge is 0.386 e. The van der Waals surface area contributed by atoms with Crippen LogP contribution >= 0.6 is 50.5 Å². The van der Waals surface area contributed by atoms with Crippen molar-refractivity contribution >= 4 is 56.9 Å². The van der Waals surface area contributed by atoms with Crippen LogP contribution in [0.4, 0.5) is 0 Å². The topological polar surface area (TPSA) is 49.8 Å². The highest BCUT2D eigenvalue weighted by Crippen LogP contribution is 2.44. The van der Waals surface area contributed by atoms with E-state index in [-0.39, 0.29) is 5.02 Å². The molecule has 0 bridgehead atoms. The molecular weight excluding hydrogens is 353 g/mol. The first-order valence-corrected chi connectivity index (χ1v) is 6.89. The second-order valence-electron chi connectivity index (χ2n) is 3.21. The summed E-state index contributed by atoms with van der Waals surface area (Å²) in [5.41, 5.74) is 0.457. The quantitative estimate of drug-likeness (QED) is 0.646. The Balaban J connectivity index is 3.03. The zero-order valence-corrected chi connectivity index (χ0v) is 12.9. The van der Waals surface area contributed by atoms with E-state index in [0.29, 0.717) is 20.1 Å². The van der Waals surface area contributed by atoms with Crippen LogP contribution in [-0.2, 0) is 9.63 Å². The first kappa shape index (κ1) is 15.2. The van der Waals surface area contributed by atoms with Gasteiger partial charge in [-0.05, 0) is 22.9 Å². The Labute approximate surface area is 121 Å². The Morgan fingerprint density at radius 2 is 2.18 bits per heavy atom. The summed E-state index contributed by atoms with van der Waals surface area (Å²) < 4.78 is 1.02. The predicted octanol–water partition coefficient (Wildman–Crippen LogP) is 3.26. The molecule has 0 aliphatic heterocycles. The molecule has 2 unspecified atom stereocenters. The molecule has 0 aliphatic rings. The second kappa shape index (κ2) is 6.36. The zero-order valence-electron chi connectivity index (χ0n) is 8.99. The van der Waals surface area contributed by atoms with Crippen molar-refractivity contribution in [3.63, 3.8) is 0 Å². The third kappa shape index (κ3) is 3.13. The smallest absolute Gasteiger partial charge is 0.233 e. The van der Waals surface area contributed by atoms with E-state index in [4.69, 9.17) is 28.0 Å². The lowest BCUT2D eigenvalue weighted by Crippen LogP contribution is -2.35. The minimum Gasteiger partial charge on any atom is -0.386 e. The molecule has 1 heterocycles. The SMILES string of the molecule is CON(C=O)C(C)C(O)c1c(Br)sc(Cl)c1Cl. The van der Waals surface area contributed by atoms with E-state index >= 15 is 0 Å².